The number of aromatic nitrogens is 2. The van der Waals surface area contributed by atoms with Gasteiger partial charge in [-0.1, -0.05) is 6.07 Å². The number of imidazole rings is 1. The lowest BCUT2D eigenvalue weighted by Gasteiger charge is -2.07. The highest BCUT2D eigenvalue weighted by atomic mass is 19.1. The summed E-state index contributed by atoms with van der Waals surface area (Å²) in [7, 11) is 0. The van der Waals surface area contributed by atoms with Crippen molar-refractivity contribution in [3.05, 3.63) is 47.8 Å². The van der Waals surface area contributed by atoms with E-state index in [1.54, 1.807) is 24.7 Å². The lowest BCUT2D eigenvalue weighted by molar-refractivity contribution is 0.624. The molecule has 86 valence electrons. The molecule has 0 spiro atoms. The van der Waals surface area contributed by atoms with Gasteiger partial charge in [0.25, 0.3) is 0 Å². The first-order chi connectivity index (χ1) is 8.31. The van der Waals surface area contributed by atoms with Crippen LogP contribution in [0.25, 0.3) is 0 Å². The van der Waals surface area contributed by atoms with Crippen molar-refractivity contribution in [3.63, 3.8) is 0 Å². The van der Waals surface area contributed by atoms with E-state index >= 15 is 0 Å². The molecule has 0 saturated carbocycles. The molecule has 4 nitrogen and oxygen atoms in total. The molecule has 1 aromatic heterocycles. The standard InChI is InChI=1S/C12H11FN4/c13-11-2-1-3-12(10(11)6-14)16-5-4-9-7-15-8-17-9/h1-3,7-8,16H,4-5H2,(H,15,17). The molecule has 0 saturated heterocycles. The van der Waals surface area contributed by atoms with Crippen molar-refractivity contribution in [2.75, 3.05) is 11.9 Å². The van der Waals surface area contributed by atoms with Crippen LogP contribution in [-0.4, -0.2) is 16.5 Å². The van der Waals surface area contributed by atoms with E-state index in [-0.39, 0.29) is 5.56 Å². The highest BCUT2D eigenvalue weighted by Crippen LogP contribution is 2.17. The number of halogens is 1. The third kappa shape index (κ3) is 2.61. The number of benzene rings is 1. The molecule has 0 unspecified atom stereocenters. The SMILES string of the molecule is N#Cc1c(F)cccc1NCCc1cnc[nH]1. The minimum absolute atomic E-state index is 0.0529. The van der Waals surface area contributed by atoms with Crippen LogP contribution in [-0.2, 0) is 6.42 Å². The molecule has 0 aliphatic heterocycles. The van der Waals surface area contributed by atoms with Crippen molar-refractivity contribution in [3.8, 4) is 6.07 Å². The monoisotopic (exact) mass is 230 g/mol. The fourth-order valence-corrected chi connectivity index (χ4v) is 1.54. The number of nitrogens with zero attached hydrogens (tertiary/aromatic N) is 2. The van der Waals surface area contributed by atoms with Crippen LogP contribution >= 0.6 is 0 Å². The Balaban J connectivity index is 2.00. The molecule has 0 bridgehead atoms. The molecule has 0 atom stereocenters. The van der Waals surface area contributed by atoms with Gasteiger partial charge in [0.15, 0.2) is 0 Å². The minimum atomic E-state index is -0.501. The first-order valence-electron chi connectivity index (χ1n) is 5.21. The van der Waals surface area contributed by atoms with Crippen molar-refractivity contribution < 1.29 is 4.39 Å². The number of aromatic amines is 1. The molecule has 2 N–H and O–H groups in total. The summed E-state index contributed by atoms with van der Waals surface area (Å²) in [5, 5.41) is 11.9. The normalized spacial score (nSPS) is 9.88. The first-order valence-corrected chi connectivity index (χ1v) is 5.21. The van der Waals surface area contributed by atoms with Gasteiger partial charge in [-0.3, -0.25) is 0 Å². The lowest BCUT2D eigenvalue weighted by Crippen LogP contribution is -2.07. The molecule has 2 aromatic rings. The molecular formula is C12H11FN4. The average Bonchev–Trinajstić information content (AvgIpc) is 2.82. The van der Waals surface area contributed by atoms with E-state index in [0.29, 0.717) is 12.2 Å². The van der Waals surface area contributed by atoms with Crippen LogP contribution in [0.5, 0.6) is 0 Å². The third-order valence-electron chi connectivity index (χ3n) is 2.39. The molecule has 5 heteroatoms. The first kappa shape index (κ1) is 11.1. The maximum atomic E-state index is 13.3. The van der Waals surface area contributed by atoms with Gasteiger partial charge >= 0.3 is 0 Å². The largest absolute Gasteiger partial charge is 0.383 e. The van der Waals surface area contributed by atoms with Crippen molar-refractivity contribution in [2.24, 2.45) is 0 Å². The number of hydrogen-bond acceptors (Lipinski definition) is 3. The Hall–Kier alpha value is -2.35. The number of rotatable bonds is 4. The molecule has 2 rings (SSSR count). The molecule has 0 aliphatic carbocycles. The maximum absolute atomic E-state index is 13.3. The van der Waals surface area contributed by atoms with Crippen LogP contribution in [0.15, 0.2) is 30.7 Å². The van der Waals surface area contributed by atoms with Gasteiger partial charge in [0.05, 0.1) is 12.0 Å². The Morgan fingerprint density at radius 2 is 2.35 bits per heavy atom. The van der Waals surface area contributed by atoms with Crippen LogP contribution in [0.3, 0.4) is 0 Å². The lowest BCUT2D eigenvalue weighted by atomic mass is 10.2. The molecule has 1 aromatic carbocycles. The Kier molecular flexibility index (Phi) is 3.36. The van der Waals surface area contributed by atoms with Gasteiger partial charge in [-0.05, 0) is 12.1 Å². The van der Waals surface area contributed by atoms with Crippen LogP contribution in [0.2, 0.25) is 0 Å². The molecular weight excluding hydrogens is 219 g/mol. The summed E-state index contributed by atoms with van der Waals surface area (Å²) in [6, 6.07) is 6.39. The predicted molar refractivity (Wildman–Crippen MR) is 61.9 cm³/mol. The fourth-order valence-electron chi connectivity index (χ4n) is 1.54. The summed E-state index contributed by atoms with van der Waals surface area (Å²) in [4.78, 5) is 6.87. The number of anilines is 1. The Morgan fingerprint density at radius 1 is 1.47 bits per heavy atom. The van der Waals surface area contributed by atoms with E-state index in [9.17, 15) is 4.39 Å². The average molecular weight is 230 g/mol. The second-order valence-electron chi connectivity index (χ2n) is 3.53. The van der Waals surface area contributed by atoms with Gasteiger partial charge < -0.3 is 10.3 Å². The van der Waals surface area contributed by atoms with Crippen LogP contribution < -0.4 is 5.32 Å². The summed E-state index contributed by atoms with van der Waals surface area (Å²) in [5.41, 5.74) is 1.57. The summed E-state index contributed by atoms with van der Waals surface area (Å²) in [5.74, 6) is -0.501. The summed E-state index contributed by atoms with van der Waals surface area (Å²) in [6.45, 7) is 0.611. The van der Waals surface area contributed by atoms with E-state index in [1.165, 1.54) is 6.07 Å². The van der Waals surface area contributed by atoms with Crippen LogP contribution in [0.1, 0.15) is 11.3 Å². The van der Waals surface area contributed by atoms with Crippen LogP contribution in [0, 0.1) is 17.1 Å². The minimum Gasteiger partial charge on any atom is -0.383 e. The Morgan fingerprint density at radius 3 is 3.06 bits per heavy atom. The fraction of sp³-hybridized carbons (Fsp3) is 0.167. The van der Waals surface area contributed by atoms with E-state index in [4.69, 9.17) is 5.26 Å². The zero-order valence-electron chi connectivity index (χ0n) is 9.07. The van der Waals surface area contributed by atoms with Crippen molar-refractivity contribution >= 4 is 5.69 Å². The van der Waals surface area contributed by atoms with Gasteiger partial charge in [0.2, 0.25) is 0 Å². The highest BCUT2D eigenvalue weighted by molar-refractivity contribution is 5.57. The summed E-state index contributed by atoms with van der Waals surface area (Å²) >= 11 is 0. The second-order valence-corrected chi connectivity index (χ2v) is 3.53. The second kappa shape index (κ2) is 5.12. The van der Waals surface area contributed by atoms with Crippen LogP contribution in [0.4, 0.5) is 10.1 Å². The van der Waals surface area contributed by atoms with Gasteiger partial charge in [-0.25, -0.2) is 9.37 Å². The number of nitriles is 1. The third-order valence-corrected chi connectivity index (χ3v) is 2.39. The molecule has 0 aliphatic rings. The highest BCUT2D eigenvalue weighted by Gasteiger charge is 2.06. The van der Waals surface area contributed by atoms with Crippen molar-refractivity contribution in [2.45, 2.75) is 6.42 Å². The van der Waals surface area contributed by atoms with E-state index in [0.717, 1.165) is 12.1 Å². The molecule has 0 fully saturated rings. The van der Waals surface area contributed by atoms with Crippen molar-refractivity contribution in [1.82, 2.24) is 9.97 Å². The number of nitrogens with one attached hydrogen (secondary N) is 2. The number of hydrogen-bond donors (Lipinski definition) is 2. The molecule has 17 heavy (non-hydrogen) atoms. The van der Waals surface area contributed by atoms with Gasteiger partial charge in [0.1, 0.15) is 17.4 Å². The van der Waals surface area contributed by atoms with Crippen molar-refractivity contribution in [1.29, 1.82) is 5.26 Å². The quantitative estimate of drug-likeness (QED) is 0.845. The van der Waals surface area contributed by atoms with Gasteiger partial charge in [-0.2, -0.15) is 5.26 Å². The summed E-state index contributed by atoms with van der Waals surface area (Å²) < 4.78 is 13.3. The maximum Gasteiger partial charge on any atom is 0.143 e. The Bertz CT molecular complexity index is 528. The smallest absolute Gasteiger partial charge is 0.143 e. The summed E-state index contributed by atoms with van der Waals surface area (Å²) in [6.07, 6.45) is 4.08. The van der Waals surface area contributed by atoms with Gasteiger partial charge in [-0.15, -0.1) is 0 Å². The Labute approximate surface area is 98.1 Å². The molecule has 0 radical (unpaired) electrons. The predicted octanol–water partition coefficient (Wildman–Crippen LogP) is 2.08. The molecule has 1 heterocycles. The number of H-pyrrole nitrogens is 1. The van der Waals surface area contributed by atoms with E-state index < -0.39 is 5.82 Å². The van der Waals surface area contributed by atoms with Gasteiger partial charge in [0, 0.05) is 24.9 Å². The zero-order valence-corrected chi connectivity index (χ0v) is 9.07. The molecule has 0 amide bonds. The van der Waals surface area contributed by atoms with E-state index in [2.05, 4.69) is 15.3 Å². The van der Waals surface area contributed by atoms with E-state index in [1.807, 2.05) is 6.07 Å². The zero-order chi connectivity index (χ0) is 12.1. The topological polar surface area (TPSA) is 64.5 Å².